The summed E-state index contributed by atoms with van der Waals surface area (Å²) in [6.45, 7) is 5.90. The predicted molar refractivity (Wildman–Crippen MR) is 69.0 cm³/mol. The molecule has 0 saturated heterocycles. The van der Waals surface area contributed by atoms with E-state index in [4.69, 9.17) is 4.74 Å². The summed E-state index contributed by atoms with van der Waals surface area (Å²) in [4.78, 5) is 13.7. The van der Waals surface area contributed by atoms with Crippen molar-refractivity contribution in [1.29, 1.82) is 0 Å². The molecule has 0 amide bonds. The summed E-state index contributed by atoms with van der Waals surface area (Å²) >= 11 is 1.56. The highest BCUT2D eigenvalue weighted by Gasteiger charge is 2.32. The van der Waals surface area contributed by atoms with Gasteiger partial charge in [0, 0.05) is 9.75 Å². The lowest BCUT2D eigenvalue weighted by Gasteiger charge is -2.23. The maximum atomic E-state index is 11.7. The Morgan fingerprint density at radius 1 is 1.47 bits per heavy atom. The monoisotopic (exact) mass is 256 g/mol. The van der Waals surface area contributed by atoms with Gasteiger partial charge in [-0.1, -0.05) is 20.8 Å². The molecule has 1 rings (SSSR count). The van der Waals surface area contributed by atoms with Gasteiger partial charge in [-0.15, -0.1) is 11.3 Å². The molecule has 0 aliphatic carbocycles. The molecule has 0 bridgehead atoms. The van der Waals surface area contributed by atoms with Gasteiger partial charge in [-0.05, 0) is 24.5 Å². The average Bonchev–Trinajstić information content (AvgIpc) is 2.76. The molecule has 0 aromatic carbocycles. The Labute approximate surface area is 106 Å². The molecule has 0 spiro atoms. The van der Waals surface area contributed by atoms with Gasteiger partial charge < -0.3 is 9.84 Å². The Kier molecular flexibility index (Phi) is 5.15. The zero-order valence-corrected chi connectivity index (χ0v) is 11.6. The van der Waals surface area contributed by atoms with Crippen molar-refractivity contribution < 1.29 is 14.6 Å². The molecular weight excluding hydrogens is 236 g/mol. The number of aliphatic hydroxyl groups is 1. The Morgan fingerprint density at radius 2 is 2.12 bits per heavy atom. The van der Waals surface area contributed by atoms with Crippen LogP contribution in [0.3, 0.4) is 0 Å². The van der Waals surface area contributed by atoms with Crippen LogP contribution >= 0.6 is 11.3 Å². The lowest BCUT2D eigenvalue weighted by molar-refractivity contribution is -0.151. The molecule has 3 nitrogen and oxygen atoms in total. The number of aryl methyl sites for hydroxylation is 1. The molecule has 4 heteroatoms. The van der Waals surface area contributed by atoms with Crippen LogP contribution in [-0.4, -0.2) is 18.2 Å². The number of carbonyl (C=O) groups is 1. The van der Waals surface area contributed by atoms with Crippen molar-refractivity contribution in [3.8, 4) is 0 Å². The Hall–Kier alpha value is -0.870. The first-order chi connectivity index (χ1) is 8.01. The van der Waals surface area contributed by atoms with E-state index in [-0.39, 0.29) is 11.9 Å². The Balaban J connectivity index is 2.91. The van der Waals surface area contributed by atoms with Gasteiger partial charge in [0.05, 0.1) is 13.0 Å². The van der Waals surface area contributed by atoms with Gasteiger partial charge in [0.1, 0.15) is 6.10 Å². The smallest absolute Gasteiger partial charge is 0.311 e. The minimum atomic E-state index is -0.771. The number of esters is 1. The summed E-state index contributed by atoms with van der Waals surface area (Å²) < 4.78 is 4.76. The van der Waals surface area contributed by atoms with E-state index in [0.717, 1.165) is 11.3 Å². The third-order valence-corrected chi connectivity index (χ3v) is 4.15. The zero-order valence-electron chi connectivity index (χ0n) is 10.8. The molecule has 1 N–H and O–H groups in total. The minimum Gasteiger partial charge on any atom is -0.469 e. The molecule has 2 atom stereocenters. The Bertz CT molecular complexity index is 370. The first-order valence-corrected chi connectivity index (χ1v) is 6.67. The van der Waals surface area contributed by atoms with Crippen LogP contribution in [-0.2, 0) is 16.0 Å². The molecule has 0 radical (unpaired) electrons. The van der Waals surface area contributed by atoms with Gasteiger partial charge in [-0.3, -0.25) is 4.79 Å². The van der Waals surface area contributed by atoms with Crippen molar-refractivity contribution in [2.75, 3.05) is 7.11 Å². The fraction of sp³-hybridized carbons (Fsp3) is 0.615. The van der Waals surface area contributed by atoms with Crippen LogP contribution in [0.25, 0.3) is 0 Å². The highest BCUT2D eigenvalue weighted by atomic mass is 32.1. The van der Waals surface area contributed by atoms with Crippen LogP contribution in [0.4, 0.5) is 0 Å². The van der Waals surface area contributed by atoms with E-state index in [9.17, 15) is 9.90 Å². The summed E-state index contributed by atoms with van der Waals surface area (Å²) in [7, 11) is 1.36. The Morgan fingerprint density at radius 3 is 2.53 bits per heavy atom. The molecular formula is C13H20O3S. The van der Waals surface area contributed by atoms with E-state index in [1.54, 1.807) is 11.3 Å². The largest absolute Gasteiger partial charge is 0.469 e. The normalized spacial score (nSPS) is 14.7. The van der Waals surface area contributed by atoms with E-state index in [2.05, 4.69) is 6.92 Å². The number of aliphatic hydroxyl groups excluding tert-OH is 1. The van der Waals surface area contributed by atoms with Gasteiger partial charge in [0.25, 0.3) is 0 Å². The summed E-state index contributed by atoms with van der Waals surface area (Å²) in [6, 6.07) is 3.89. The van der Waals surface area contributed by atoms with Crippen LogP contribution < -0.4 is 0 Å². The maximum absolute atomic E-state index is 11.7. The fourth-order valence-corrected chi connectivity index (χ4v) is 2.81. The highest BCUT2D eigenvalue weighted by Crippen LogP contribution is 2.33. The van der Waals surface area contributed by atoms with E-state index in [1.165, 1.54) is 12.0 Å². The van der Waals surface area contributed by atoms with E-state index >= 15 is 0 Å². The van der Waals surface area contributed by atoms with Crippen LogP contribution in [0.15, 0.2) is 12.1 Å². The number of rotatable bonds is 5. The fourth-order valence-electron chi connectivity index (χ4n) is 1.82. The quantitative estimate of drug-likeness (QED) is 0.824. The van der Waals surface area contributed by atoms with E-state index in [0.29, 0.717) is 0 Å². The first-order valence-electron chi connectivity index (χ1n) is 5.85. The van der Waals surface area contributed by atoms with Crippen molar-refractivity contribution in [1.82, 2.24) is 0 Å². The highest BCUT2D eigenvalue weighted by molar-refractivity contribution is 7.12. The van der Waals surface area contributed by atoms with Crippen molar-refractivity contribution >= 4 is 17.3 Å². The first kappa shape index (κ1) is 14.2. The summed E-state index contributed by atoms with van der Waals surface area (Å²) in [6.07, 6.45) is 0.176. The molecule has 1 aromatic heterocycles. The topological polar surface area (TPSA) is 46.5 Å². The van der Waals surface area contributed by atoms with Crippen LogP contribution in [0, 0.1) is 11.8 Å². The standard InChI is InChI=1S/C13H20O3S/c1-5-9-6-7-10(17-9)12(14)11(8(2)3)13(15)16-4/h6-8,11-12,14H,5H2,1-4H3. The molecule has 0 saturated carbocycles. The molecule has 0 fully saturated rings. The van der Waals surface area contributed by atoms with Gasteiger partial charge in [-0.25, -0.2) is 0 Å². The van der Waals surface area contributed by atoms with Crippen molar-refractivity contribution in [2.24, 2.45) is 11.8 Å². The zero-order chi connectivity index (χ0) is 13.0. The number of carbonyl (C=O) groups excluding carboxylic acids is 1. The van der Waals surface area contributed by atoms with E-state index in [1.807, 2.05) is 26.0 Å². The number of thiophene rings is 1. The second-order valence-corrected chi connectivity index (χ2v) is 5.60. The second kappa shape index (κ2) is 6.17. The van der Waals surface area contributed by atoms with Crippen molar-refractivity contribution in [3.05, 3.63) is 21.9 Å². The predicted octanol–water partition coefficient (Wildman–Crippen LogP) is 2.79. The van der Waals surface area contributed by atoms with Crippen molar-refractivity contribution in [2.45, 2.75) is 33.3 Å². The average molecular weight is 256 g/mol. The lowest BCUT2D eigenvalue weighted by atomic mass is 9.89. The van der Waals surface area contributed by atoms with Gasteiger partial charge in [0.15, 0.2) is 0 Å². The maximum Gasteiger partial charge on any atom is 0.311 e. The molecule has 0 aliphatic rings. The van der Waals surface area contributed by atoms with Crippen LogP contribution in [0.2, 0.25) is 0 Å². The van der Waals surface area contributed by atoms with E-state index < -0.39 is 12.0 Å². The molecule has 17 heavy (non-hydrogen) atoms. The molecule has 1 heterocycles. The lowest BCUT2D eigenvalue weighted by Crippen LogP contribution is -2.27. The molecule has 96 valence electrons. The third kappa shape index (κ3) is 3.30. The summed E-state index contributed by atoms with van der Waals surface area (Å²) in [5, 5.41) is 10.3. The van der Waals surface area contributed by atoms with Crippen LogP contribution in [0.5, 0.6) is 0 Å². The summed E-state index contributed by atoms with van der Waals surface area (Å²) in [5.74, 6) is -0.799. The second-order valence-electron chi connectivity index (χ2n) is 4.40. The molecule has 1 aromatic rings. The number of ether oxygens (including phenoxy) is 1. The van der Waals surface area contributed by atoms with Crippen molar-refractivity contribution in [3.63, 3.8) is 0 Å². The van der Waals surface area contributed by atoms with Gasteiger partial charge in [-0.2, -0.15) is 0 Å². The number of hydrogen-bond donors (Lipinski definition) is 1. The third-order valence-electron chi connectivity index (χ3n) is 2.85. The number of methoxy groups -OCH3 is 1. The van der Waals surface area contributed by atoms with Gasteiger partial charge in [0.2, 0.25) is 0 Å². The molecule has 2 unspecified atom stereocenters. The minimum absolute atomic E-state index is 0.0460. The molecule has 0 aliphatic heterocycles. The van der Waals surface area contributed by atoms with Crippen LogP contribution in [0.1, 0.15) is 36.6 Å². The number of hydrogen-bond acceptors (Lipinski definition) is 4. The summed E-state index contributed by atoms with van der Waals surface area (Å²) in [5.41, 5.74) is 0. The SMILES string of the molecule is CCc1ccc(C(O)C(C(=O)OC)C(C)C)s1. The van der Waals surface area contributed by atoms with Gasteiger partial charge >= 0.3 is 5.97 Å².